The Bertz CT molecular complexity index is 524. The van der Waals surface area contributed by atoms with E-state index in [0.717, 1.165) is 5.56 Å². The number of fused-ring (bicyclic) bond motifs is 2. The minimum atomic E-state index is -0.170. The molecule has 0 radical (unpaired) electrons. The summed E-state index contributed by atoms with van der Waals surface area (Å²) in [5.74, 6) is 0.528. The molecule has 20 heavy (non-hydrogen) atoms. The van der Waals surface area contributed by atoms with Gasteiger partial charge in [-0.25, -0.2) is 4.79 Å². The van der Waals surface area contributed by atoms with Crippen molar-refractivity contribution in [3.8, 4) is 0 Å². The normalized spacial score (nSPS) is 34.2. The van der Waals surface area contributed by atoms with Gasteiger partial charge in [0.05, 0.1) is 5.56 Å². The van der Waals surface area contributed by atoms with Crippen LogP contribution in [0.5, 0.6) is 0 Å². The Morgan fingerprint density at radius 1 is 1.20 bits per heavy atom. The summed E-state index contributed by atoms with van der Waals surface area (Å²) in [6, 6.07) is 7.65. The third-order valence-electron chi connectivity index (χ3n) is 5.65. The molecule has 0 N–H and O–H groups in total. The molecule has 0 aromatic heterocycles. The lowest BCUT2D eigenvalue weighted by Crippen LogP contribution is -2.43. The van der Waals surface area contributed by atoms with Crippen molar-refractivity contribution in [3.05, 3.63) is 35.4 Å². The second-order valence-corrected chi connectivity index (χ2v) is 7.57. The summed E-state index contributed by atoms with van der Waals surface area (Å²) in [4.78, 5) is 12.4. The molecule has 0 saturated heterocycles. The van der Waals surface area contributed by atoms with Crippen molar-refractivity contribution < 1.29 is 9.53 Å². The molecule has 2 fully saturated rings. The second-order valence-electron chi connectivity index (χ2n) is 7.57. The zero-order chi connectivity index (χ0) is 14.5. The Kier molecular flexibility index (Phi) is 2.97. The van der Waals surface area contributed by atoms with Crippen LogP contribution in [0.25, 0.3) is 0 Å². The van der Waals surface area contributed by atoms with Crippen LogP contribution >= 0.6 is 0 Å². The number of hydrogen-bond acceptors (Lipinski definition) is 2. The van der Waals surface area contributed by atoms with E-state index in [4.69, 9.17) is 4.74 Å². The highest BCUT2D eigenvalue weighted by Gasteiger charge is 2.61. The SMILES string of the molecule is Cc1ccc(C(=O)O[C@H]2C(C)(C)[C@H]3CC[C@]2(C)C3)cc1. The van der Waals surface area contributed by atoms with Gasteiger partial charge in [-0.3, -0.25) is 0 Å². The largest absolute Gasteiger partial charge is 0.458 e. The standard InChI is InChI=1S/C18H24O2/c1-12-5-7-13(8-6-12)15(19)20-16-17(2,3)14-9-10-18(16,4)11-14/h5-8,14,16H,9-11H2,1-4H3/t14-,16-,18+/m0/s1. The average molecular weight is 272 g/mol. The first-order valence-corrected chi connectivity index (χ1v) is 7.60. The molecule has 0 aliphatic heterocycles. The first-order chi connectivity index (χ1) is 9.33. The predicted molar refractivity (Wildman–Crippen MR) is 79.6 cm³/mol. The second kappa shape index (κ2) is 4.34. The van der Waals surface area contributed by atoms with Crippen LogP contribution in [-0.2, 0) is 4.74 Å². The fourth-order valence-electron chi connectivity index (χ4n) is 4.42. The molecule has 3 atom stereocenters. The molecule has 1 aromatic rings. The van der Waals surface area contributed by atoms with E-state index >= 15 is 0 Å². The highest BCUT2D eigenvalue weighted by atomic mass is 16.5. The topological polar surface area (TPSA) is 26.3 Å². The van der Waals surface area contributed by atoms with Gasteiger partial charge in [0.1, 0.15) is 6.10 Å². The maximum atomic E-state index is 12.4. The summed E-state index contributed by atoms with van der Waals surface area (Å²) in [5, 5.41) is 0. The van der Waals surface area contributed by atoms with Gasteiger partial charge in [-0.1, -0.05) is 38.5 Å². The zero-order valence-electron chi connectivity index (χ0n) is 12.9. The average Bonchev–Trinajstić information content (AvgIpc) is 2.86. The van der Waals surface area contributed by atoms with Crippen LogP contribution in [0, 0.1) is 23.7 Å². The van der Waals surface area contributed by atoms with Gasteiger partial charge < -0.3 is 4.74 Å². The Morgan fingerprint density at radius 2 is 1.85 bits per heavy atom. The molecular formula is C18H24O2. The summed E-state index contributed by atoms with van der Waals surface area (Å²) >= 11 is 0. The number of carbonyl (C=O) groups is 1. The van der Waals surface area contributed by atoms with Crippen molar-refractivity contribution in [3.63, 3.8) is 0 Å². The Hall–Kier alpha value is -1.31. The highest BCUT2D eigenvalue weighted by molar-refractivity contribution is 5.89. The number of rotatable bonds is 2. The van der Waals surface area contributed by atoms with E-state index in [0.29, 0.717) is 11.5 Å². The molecule has 2 nitrogen and oxygen atoms in total. The van der Waals surface area contributed by atoms with Crippen LogP contribution in [0.4, 0.5) is 0 Å². The summed E-state index contributed by atoms with van der Waals surface area (Å²) in [6.07, 6.45) is 3.71. The summed E-state index contributed by atoms with van der Waals surface area (Å²) in [5.41, 5.74) is 2.11. The minimum absolute atomic E-state index is 0.0440. The van der Waals surface area contributed by atoms with E-state index in [1.165, 1.54) is 19.3 Å². The first kappa shape index (κ1) is 13.7. The molecule has 108 valence electrons. The first-order valence-electron chi connectivity index (χ1n) is 7.60. The third kappa shape index (κ3) is 1.97. The van der Waals surface area contributed by atoms with Gasteiger partial charge in [0.15, 0.2) is 0 Å². The van der Waals surface area contributed by atoms with E-state index in [1.54, 1.807) is 0 Å². The fraction of sp³-hybridized carbons (Fsp3) is 0.611. The maximum absolute atomic E-state index is 12.4. The van der Waals surface area contributed by atoms with Crippen LogP contribution in [0.1, 0.15) is 56.0 Å². The third-order valence-corrected chi connectivity index (χ3v) is 5.65. The van der Waals surface area contributed by atoms with Crippen LogP contribution in [0.15, 0.2) is 24.3 Å². The lowest BCUT2D eigenvalue weighted by molar-refractivity contribution is -0.0584. The zero-order valence-corrected chi connectivity index (χ0v) is 12.9. The van der Waals surface area contributed by atoms with Gasteiger partial charge in [-0.15, -0.1) is 0 Å². The van der Waals surface area contributed by atoms with Crippen molar-refractivity contribution in [2.24, 2.45) is 16.7 Å². The van der Waals surface area contributed by atoms with Crippen LogP contribution in [0.3, 0.4) is 0 Å². The molecule has 0 spiro atoms. The predicted octanol–water partition coefficient (Wildman–Crippen LogP) is 4.37. The van der Waals surface area contributed by atoms with E-state index in [1.807, 2.05) is 31.2 Å². The lowest BCUT2D eigenvalue weighted by atomic mass is 9.70. The number of benzene rings is 1. The smallest absolute Gasteiger partial charge is 0.338 e. The monoisotopic (exact) mass is 272 g/mol. The van der Waals surface area contributed by atoms with Crippen molar-refractivity contribution >= 4 is 5.97 Å². The number of hydrogen-bond donors (Lipinski definition) is 0. The van der Waals surface area contributed by atoms with Crippen LogP contribution in [-0.4, -0.2) is 12.1 Å². The summed E-state index contributed by atoms with van der Waals surface area (Å²) in [6.45, 7) is 8.83. The Labute approximate surface area is 121 Å². The van der Waals surface area contributed by atoms with Crippen molar-refractivity contribution in [2.45, 2.75) is 53.1 Å². The molecule has 0 heterocycles. The number of ether oxygens (including phenoxy) is 1. The molecular weight excluding hydrogens is 248 g/mol. The van der Waals surface area contributed by atoms with Gasteiger partial charge in [-0.2, -0.15) is 0 Å². The van der Waals surface area contributed by atoms with Gasteiger partial charge in [0.25, 0.3) is 0 Å². The van der Waals surface area contributed by atoms with E-state index in [-0.39, 0.29) is 22.9 Å². The molecule has 3 rings (SSSR count). The molecule has 2 aliphatic carbocycles. The van der Waals surface area contributed by atoms with Gasteiger partial charge in [0, 0.05) is 10.8 Å². The van der Waals surface area contributed by atoms with E-state index in [2.05, 4.69) is 20.8 Å². The molecule has 0 amide bonds. The molecule has 2 saturated carbocycles. The van der Waals surface area contributed by atoms with Crippen LogP contribution in [0.2, 0.25) is 0 Å². The highest BCUT2D eigenvalue weighted by Crippen LogP contribution is 2.63. The van der Waals surface area contributed by atoms with Crippen molar-refractivity contribution in [2.75, 3.05) is 0 Å². The van der Waals surface area contributed by atoms with E-state index in [9.17, 15) is 4.79 Å². The summed E-state index contributed by atoms with van der Waals surface area (Å²) in [7, 11) is 0. The number of carbonyl (C=O) groups excluding carboxylic acids is 1. The van der Waals surface area contributed by atoms with E-state index < -0.39 is 0 Å². The molecule has 2 heteroatoms. The van der Waals surface area contributed by atoms with Crippen LogP contribution < -0.4 is 0 Å². The molecule has 2 bridgehead atoms. The Morgan fingerprint density at radius 3 is 2.40 bits per heavy atom. The lowest BCUT2D eigenvalue weighted by Gasteiger charge is -2.41. The number of aryl methyl sites for hydroxylation is 1. The van der Waals surface area contributed by atoms with Gasteiger partial charge in [0.2, 0.25) is 0 Å². The summed E-state index contributed by atoms with van der Waals surface area (Å²) < 4.78 is 5.95. The quantitative estimate of drug-likeness (QED) is 0.747. The molecule has 1 aromatic carbocycles. The van der Waals surface area contributed by atoms with Gasteiger partial charge in [-0.05, 0) is 44.2 Å². The molecule has 0 unspecified atom stereocenters. The molecule has 2 aliphatic rings. The minimum Gasteiger partial charge on any atom is -0.458 e. The Balaban J connectivity index is 1.80. The van der Waals surface area contributed by atoms with Crippen molar-refractivity contribution in [1.82, 2.24) is 0 Å². The maximum Gasteiger partial charge on any atom is 0.338 e. The van der Waals surface area contributed by atoms with Gasteiger partial charge >= 0.3 is 5.97 Å². The van der Waals surface area contributed by atoms with Crippen molar-refractivity contribution in [1.29, 1.82) is 0 Å². The fourth-order valence-corrected chi connectivity index (χ4v) is 4.42. The number of esters is 1.